The van der Waals surface area contributed by atoms with Gasteiger partial charge in [-0.25, -0.2) is 8.42 Å². The number of nitrogens with one attached hydrogen (secondary N) is 1. The van der Waals surface area contributed by atoms with Crippen molar-refractivity contribution in [1.29, 1.82) is 0 Å². The van der Waals surface area contributed by atoms with E-state index in [2.05, 4.69) is 5.32 Å². The summed E-state index contributed by atoms with van der Waals surface area (Å²) in [5, 5.41) is 2.35. The zero-order chi connectivity index (χ0) is 12.7. The maximum Gasteiger partial charge on any atom is 0.230 e. The summed E-state index contributed by atoms with van der Waals surface area (Å²) in [5.74, 6) is -0.522. The molecule has 2 amide bonds. The van der Waals surface area contributed by atoms with Crippen molar-refractivity contribution in [2.75, 3.05) is 11.5 Å². The van der Waals surface area contributed by atoms with E-state index >= 15 is 0 Å². The highest BCUT2D eigenvalue weighted by molar-refractivity contribution is 7.91. The molecule has 2 aliphatic rings. The highest BCUT2D eigenvalue weighted by Gasteiger charge is 2.49. The Balaban J connectivity index is 2.27. The number of rotatable bonds is 1. The van der Waals surface area contributed by atoms with Gasteiger partial charge in [0.1, 0.15) is 9.84 Å². The standard InChI is InChI=1S/C11H17NO4S/c1-2-8-10(14)12-9(13)7-11(8)3-5-17(15,16)6-4-11/h8H,2-7H2,1H3,(H,12,13,14). The van der Waals surface area contributed by atoms with Crippen LogP contribution in [0, 0.1) is 11.3 Å². The second-order valence-electron chi connectivity index (χ2n) is 5.06. The van der Waals surface area contributed by atoms with Crippen molar-refractivity contribution in [3.63, 3.8) is 0 Å². The Morgan fingerprint density at radius 2 is 1.88 bits per heavy atom. The molecule has 0 aliphatic carbocycles. The fourth-order valence-electron chi connectivity index (χ4n) is 3.08. The lowest BCUT2D eigenvalue weighted by Crippen LogP contribution is -2.54. The number of sulfone groups is 1. The van der Waals surface area contributed by atoms with Gasteiger partial charge in [0, 0.05) is 12.3 Å². The van der Waals surface area contributed by atoms with Gasteiger partial charge in [0.05, 0.1) is 11.5 Å². The molecule has 1 spiro atoms. The minimum Gasteiger partial charge on any atom is -0.296 e. The zero-order valence-corrected chi connectivity index (χ0v) is 10.7. The highest BCUT2D eigenvalue weighted by Crippen LogP contribution is 2.46. The SMILES string of the molecule is CCC1C(=O)NC(=O)CC12CCS(=O)(=O)CC2. The zero-order valence-electron chi connectivity index (χ0n) is 9.86. The van der Waals surface area contributed by atoms with Crippen LogP contribution in [0.3, 0.4) is 0 Å². The second-order valence-corrected chi connectivity index (χ2v) is 7.37. The maximum atomic E-state index is 11.8. The second kappa shape index (κ2) is 4.08. The minimum atomic E-state index is -2.97. The summed E-state index contributed by atoms with van der Waals surface area (Å²) in [6.45, 7) is 1.91. The van der Waals surface area contributed by atoms with Crippen molar-refractivity contribution in [1.82, 2.24) is 5.32 Å². The molecule has 1 unspecified atom stereocenters. The maximum absolute atomic E-state index is 11.8. The number of imide groups is 1. The fourth-order valence-corrected chi connectivity index (χ4v) is 4.72. The van der Waals surface area contributed by atoms with Crippen molar-refractivity contribution < 1.29 is 18.0 Å². The van der Waals surface area contributed by atoms with Crippen LogP contribution < -0.4 is 5.32 Å². The first-order valence-corrected chi connectivity index (χ1v) is 7.75. The third-order valence-corrected chi connectivity index (χ3v) is 5.71. The Kier molecular flexibility index (Phi) is 3.01. The van der Waals surface area contributed by atoms with Gasteiger partial charge >= 0.3 is 0 Å². The monoisotopic (exact) mass is 259 g/mol. The van der Waals surface area contributed by atoms with E-state index in [1.54, 1.807) is 0 Å². The molecule has 2 rings (SSSR count). The predicted molar refractivity (Wildman–Crippen MR) is 61.9 cm³/mol. The first-order valence-electron chi connectivity index (χ1n) is 5.93. The Hall–Kier alpha value is -0.910. The topological polar surface area (TPSA) is 80.3 Å². The first kappa shape index (κ1) is 12.5. The molecule has 0 aromatic carbocycles. The lowest BCUT2D eigenvalue weighted by Gasteiger charge is -2.44. The van der Waals surface area contributed by atoms with Gasteiger partial charge in [0.2, 0.25) is 11.8 Å². The van der Waals surface area contributed by atoms with Crippen LogP contribution in [0.5, 0.6) is 0 Å². The molecule has 1 N–H and O–H groups in total. The van der Waals surface area contributed by atoms with Crippen LogP contribution in [-0.4, -0.2) is 31.7 Å². The molecule has 0 aromatic rings. The number of piperidine rings is 1. The Labute approximate surface area is 101 Å². The number of amides is 2. The minimum absolute atomic E-state index is 0.101. The molecule has 0 aromatic heterocycles. The Morgan fingerprint density at radius 3 is 2.41 bits per heavy atom. The number of hydrogen-bond donors (Lipinski definition) is 1. The quantitative estimate of drug-likeness (QED) is 0.685. The van der Waals surface area contributed by atoms with Crippen molar-refractivity contribution >= 4 is 21.7 Å². The van der Waals surface area contributed by atoms with Gasteiger partial charge in [-0.3, -0.25) is 14.9 Å². The average molecular weight is 259 g/mol. The van der Waals surface area contributed by atoms with Crippen LogP contribution in [0.4, 0.5) is 0 Å². The van der Waals surface area contributed by atoms with Crippen molar-refractivity contribution in [2.45, 2.75) is 32.6 Å². The summed E-state index contributed by atoms with van der Waals surface area (Å²) in [5.41, 5.74) is -0.417. The molecule has 6 heteroatoms. The number of hydrogen-bond acceptors (Lipinski definition) is 4. The van der Waals surface area contributed by atoms with Crippen LogP contribution in [0.2, 0.25) is 0 Å². The van der Waals surface area contributed by atoms with E-state index in [1.807, 2.05) is 6.92 Å². The molecule has 0 bridgehead atoms. The molecule has 2 aliphatic heterocycles. The van der Waals surface area contributed by atoms with Crippen molar-refractivity contribution in [3.8, 4) is 0 Å². The van der Waals surface area contributed by atoms with Gasteiger partial charge in [0.25, 0.3) is 0 Å². The summed E-state index contributed by atoms with van der Waals surface area (Å²) in [7, 11) is -2.97. The molecular formula is C11H17NO4S. The molecule has 5 nitrogen and oxygen atoms in total. The Morgan fingerprint density at radius 1 is 1.29 bits per heavy atom. The summed E-state index contributed by atoms with van der Waals surface area (Å²) in [6, 6.07) is 0. The van der Waals surface area contributed by atoms with Crippen molar-refractivity contribution in [3.05, 3.63) is 0 Å². The van der Waals surface area contributed by atoms with Crippen molar-refractivity contribution in [2.24, 2.45) is 11.3 Å². The van der Waals surface area contributed by atoms with Gasteiger partial charge in [-0.2, -0.15) is 0 Å². The van der Waals surface area contributed by atoms with Gasteiger partial charge in [0.15, 0.2) is 0 Å². The molecule has 1 atom stereocenters. The molecule has 2 heterocycles. The van der Waals surface area contributed by atoms with Crippen LogP contribution in [0.15, 0.2) is 0 Å². The van der Waals surface area contributed by atoms with E-state index < -0.39 is 15.3 Å². The number of carbonyl (C=O) groups excluding carboxylic acids is 2. The van der Waals surface area contributed by atoms with Gasteiger partial charge in [-0.1, -0.05) is 6.92 Å². The molecular weight excluding hydrogens is 242 g/mol. The Bertz CT molecular complexity index is 440. The van der Waals surface area contributed by atoms with E-state index in [9.17, 15) is 18.0 Å². The van der Waals surface area contributed by atoms with E-state index in [0.29, 0.717) is 19.3 Å². The molecule has 2 fully saturated rings. The van der Waals surface area contributed by atoms with Gasteiger partial charge < -0.3 is 0 Å². The predicted octanol–water partition coefficient (Wildman–Crippen LogP) is 0.254. The van der Waals surface area contributed by atoms with E-state index in [4.69, 9.17) is 0 Å². The van der Waals surface area contributed by atoms with Crippen LogP contribution in [0.25, 0.3) is 0 Å². The van der Waals surface area contributed by atoms with Crippen LogP contribution in [0.1, 0.15) is 32.6 Å². The lowest BCUT2D eigenvalue weighted by molar-refractivity contribution is -0.144. The molecule has 2 saturated heterocycles. The van der Waals surface area contributed by atoms with Crippen LogP contribution in [-0.2, 0) is 19.4 Å². The lowest BCUT2D eigenvalue weighted by atomic mass is 9.65. The average Bonchev–Trinajstić information content (AvgIpc) is 2.22. The summed E-state index contributed by atoms with van der Waals surface area (Å²) in [6.07, 6.45) is 1.81. The van der Waals surface area contributed by atoms with Gasteiger partial charge in [-0.15, -0.1) is 0 Å². The van der Waals surface area contributed by atoms with E-state index in [1.165, 1.54) is 0 Å². The number of carbonyl (C=O) groups is 2. The van der Waals surface area contributed by atoms with Gasteiger partial charge in [-0.05, 0) is 24.7 Å². The van der Waals surface area contributed by atoms with Crippen LogP contribution >= 0.6 is 0 Å². The normalized spacial score (nSPS) is 31.2. The van der Waals surface area contributed by atoms with E-state index in [0.717, 1.165) is 0 Å². The summed E-state index contributed by atoms with van der Waals surface area (Å²) < 4.78 is 22.9. The summed E-state index contributed by atoms with van der Waals surface area (Å²) >= 11 is 0. The first-order chi connectivity index (χ1) is 7.88. The summed E-state index contributed by atoms with van der Waals surface area (Å²) in [4.78, 5) is 23.3. The largest absolute Gasteiger partial charge is 0.296 e. The van der Waals surface area contributed by atoms with E-state index in [-0.39, 0.29) is 35.7 Å². The molecule has 96 valence electrons. The molecule has 17 heavy (non-hydrogen) atoms. The third-order valence-electron chi connectivity index (χ3n) is 4.06. The highest BCUT2D eigenvalue weighted by atomic mass is 32.2. The molecule has 0 saturated carbocycles. The molecule has 0 radical (unpaired) electrons. The smallest absolute Gasteiger partial charge is 0.230 e. The third kappa shape index (κ3) is 2.22. The fraction of sp³-hybridized carbons (Fsp3) is 0.818.